The highest BCUT2D eigenvalue weighted by molar-refractivity contribution is 5.27. The summed E-state index contributed by atoms with van der Waals surface area (Å²) in [5.41, 5.74) is 2.99. The molecule has 0 amide bonds. The number of rotatable bonds is 12. The van der Waals surface area contributed by atoms with Gasteiger partial charge in [-0.15, -0.1) is 0 Å². The molecular formula is C22H35NO. The van der Waals surface area contributed by atoms with Crippen LogP contribution in [0.1, 0.15) is 76.7 Å². The molecule has 1 N–H and O–H groups in total. The summed E-state index contributed by atoms with van der Waals surface area (Å²) in [5.74, 6) is 1.00. The molecule has 0 aromatic heterocycles. The largest absolute Gasteiger partial charge is 0.494 e. The van der Waals surface area contributed by atoms with Crippen molar-refractivity contribution >= 4 is 0 Å². The van der Waals surface area contributed by atoms with E-state index in [4.69, 9.17) is 4.74 Å². The van der Waals surface area contributed by atoms with Crippen molar-refractivity contribution in [2.75, 3.05) is 13.2 Å². The number of benzene rings is 1. The first-order chi connectivity index (χ1) is 11.9. The van der Waals surface area contributed by atoms with Crippen LogP contribution in [0.3, 0.4) is 0 Å². The van der Waals surface area contributed by atoms with Crippen molar-refractivity contribution in [2.24, 2.45) is 0 Å². The van der Waals surface area contributed by atoms with Crippen LogP contribution >= 0.6 is 0 Å². The van der Waals surface area contributed by atoms with E-state index < -0.39 is 0 Å². The number of hydrogen-bond donors (Lipinski definition) is 1. The molecule has 0 atom stereocenters. The van der Waals surface area contributed by atoms with Gasteiger partial charge in [0.15, 0.2) is 0 Å². The van der Waals surface area contributed by atoms with Gasteiger partial charge in [-0.25, -0.2) is 0 Å². The molecule has 134 valence electrons. The lowest BCUT2D eigenvalue weighted by molar-refractivity contribution is 0.304. The van der Waals surface area contributed by atoms with Gasteiger partial charge in [0, 0.05) is 6.54 Å². The third kappa shape index (κ3) is 8.01. The third-order valence-electron chi connectivity index (χ3n) is 4.78. The molecule has 0 spiro atoms. The highest BCUT2D eigenvalue weighted by atomic mass is 16.5. The lowest BCUT2D eigenvalue weighted by Gasteiger charge is -2.13. The minimum Gasteiger partial charge on any atom is -0.494 e. The van der Waals surface area contributed by atoms with Crippen LogP contribution in [0.15, 0.2) is 35.9 Å². The van der Waals surface area contributed by atoms with Gasteiger partial charge in [-0.2, -0.15) is 0 Å². The number of hydrogen-bond acceptors (Lipinski definition) is 2. The Kier molecular flexibility index (Phi) is 9.63. The monoisotopic (exact) mass is 329 g/mol. The second-order valence-corrected chi connectivity index (χ2v) is 6.94. The number of unbranched alkanes of at least 4 members (excludes halogenated alkanes) is 4. The van der Waals surface area contributed by atoms with E-state index in [1.165, 1.54) is 69.8 Å². The predicted octanol–water partition coefficient (Wildman–Crippen LogP) is 6.02. The summed E-state index contributed by atoms with van der Waals surface area (Å²) in [6, 6.07) is 8.57. The van der Waals surface area contributed by atoms with Gasteiger partial charge in [-0.1, -0.05) is 56.4 Å². The Morgan fingerprint density at radius 1 is 1.00 bits per heavy atom. The molecule has 0 saturated carbocycles. The van der Waals surface area contributed by atoms with Gasteiger partial charge in [0.1, 0.15) is 5.75 Å². The normalized spacial score (nSPS) is 14.5. The van der Waals surface area contributed by atoms with E-state index in [-0.39, 0.29) is 0 Å². The Morgan fingerprint density at radius 2 is 1.83 bits per heavy atom. The molecule has 2 heteroatoms. The smallest absolute Gasteiger partial charge is 0.119 e. The molecule has 0 radical (unpaired) electrons. The Morgan fingerprint density at radius 3 is 2.58 bits per heavy atom. The standard InChI is InChI=1S/C22H35NO/c1-2-3-4-5-9-18-24-22-14-12-21(13-15-22)19-23-17-16-20-10-7-6-8-11-20/h10,12-15,23H,2-9,11,16-19H2,1H3. The maximum Gasteiger partial charge on any atom is 0.119 e. The zero-order valence-corrected chi connectivity index (χ0v) is 15.5. The van der Waals surface area contributed by atoms with Crippen molar-refractivity contribution in [2.45, 2.75) is 77.7 Å². The van der Waals surface area contributed by atoms with Gasteiger partial charge < -0.3 is 10.1 Å². The van der Waals surface area contributed by atoms with Crippen LogP contribution < -0.4 is 10.1 Å². The van der Waals surface area contributed by atoms with Gasteiger partial charge in [0.05, 0.1) is 6.61 Å². The molecule has 0 heterocycles. The van der Waals surface area contributed by atoms with Gasteiger partial charge in [0.25, 0.3) is 0 Å². The van der Waals surface area contributed by atoms with Gasteiger partial charge in [-0.3, -0.25) is 0 Å². The van der Waals surface area contributed by atoms with E-state index in [0.29, 0.717) is 0 Å². The molecule has 0 unspecified atom stereocenters. The third-order valence-corrected chi connectivity index (χ3v) is 4.78. The molecule has 0 saturated heterocycles. The Hall–Kier alpha value is -1.28. The first kappa shape index (κ1) is 19.1. The topological polar surface area (TPSA) is 21.3 Å². The van der Waals surface area contributed by atoms with E-state index in [1.54, 1.807) is 5.57 Å². The van der Waals surface area contributed by atoms with Crippen LogP contribution in [0.4, 0.5) is 0 Å². The zero-order chi connectivity index (χ0) is 16.9. The van der Waals surface area contributed by atoms with E-state index in [1.807, 2.05) is 0 Å². The molecule has 2 rings (SSSR count). The van der Waals surface area contributed by atoms with Crippen molar-refractivity contribution in [1.29, 1.82) is 0 Å². The maximum absolute atomic E-state index is 5.82. The quantitative estimate of drug-likeness (QED) is 0.374. The van der Waals surface area contributed by atoms with Crippen LogP contribution in [0.2, 0.25) is 0 Å². The van der Waals surface area contributed by atoms with Gasteiger partial charge in [-0.05, 0) is 62.8 Å². The fourth-order valence-electron chi connectivity index (χ4n) is 3.21. The molecule has 24 heavy (non-hydrogen) atoms. The van der Waals surface area contributed by atoms with Gasteiger partial charge >= 0.3 is 0 Å². The highest BCUT2D eigenvalue weighted by Crippen LogP contribution is 2.19. The molecule has 1 aliphatic carbocycles. The van der Waals surface area contributed by atoms with Crippen LogP contribution in [-0.2, 0) is 6.54 Å². The fourth-order valence-corrected chi connectivity index (χ4v) is 3.21. The summed E-state index contributed by atoms with van der Waals surface area (Å²) < 4.78 is 5.82. The van der Waals surface area contributed by atoms with E-state index in [2.05, 4.69) is 42.6 Å². The molecule has 2 nitrogen and oxygen atoms in total. The van der Waals surface area contributed by atoms with Crippen LogP contribution in [0.5, 0.6) is 5.75 Å². The summed E-state index contributed by atoms with van der Waals surface area (Å²) in [5, 5.41) is 3.56. The first-order valence-electron chi connectivity index (χ1n) is 9.99. The Balaban J connectivity index is 1.55. The average molecular weight is 330 g/mol. The van der Waals surface area contributed by atoms with E-state index in [9.17, 15) is 0 Å². The summed E-state index contributed by atoms with van der Waals surface area (Å²) in [7, 11) is 0. The molecule has 0 aliphatic heterocycles. The summed E-state index contributed by atoms with van der Waals surface area (Å²) in [6.45, 7) is 5.13. The van der Waals surface area contributed by atoms with Crippen molar-refractivity contribution in [3.05, 3.63) is 41.5 Å². The molecule has 1 aliphatic rings. The number of allylic oxidation sites excluding steroid dienone is 1. The summed E-state index contributed by atoms with van der Waals surface area (Å²) >= 11 is 0. The first-order valence-corrected chi connectivity index (χ1v) is 9.99. The highest BCUT2D eigenvalue weighted by Gasteiger charge is 2.03. The summed E-state index contributed by atoms with van der Waals surface area (Å²) in [6.07, 6.45) is 15.4. The molecule has 1 aromatic carbocycles. The Labute approximate surface area is 148 Å². The molecule has 0 bridgehead atoms. The van der Waals surface area contributed by atoms with Crippen LogP contribution in [0.25, 0.3) is 0 Å². The number of ether oxygens (including phenoxy) is 1. The van der Waals surface area contributed by atoms with Crippen molar-refractivity contribution in [1.82, 2.24) is 5.32 Å². The summed E-state index contributed by atoms with van der Waals surface area (Å²) in [4.78, 5) is 0. The minimum atomic E-state index is 0.844. The van der Waals surface area contributed by atoms with Crippen molar-refractivity contribution < 1.29 is 4.74 Å². The zero-order valence-electron chi connectivity index (χ0n) is 15.5. The second-order valence-electron chi connectivity index (χ2n) is 6.94. The lowest BCUT2D eigenvalue weighted by atomic mass is 9.97. The maximum atomic E-state index is 5.82. The molecule has 1 aromatic rings. The predicted molar refractivity (Wildman–Crippen MR) is 104 cm³/mol. The van der Waals surface area contributed by atoms with Gasteiger partial charge in [0.2, 0.25) is 0 Å². The second kappa shape index (κ2) is 12.1. The Bertz CT molecular complexity index is 463. The minimum absolute atomic E-state index is 0.844. The van der Waals surface area contributed by atoms with Crippen molar-refractivity contribution in [3.63, 3.8) is 0 Å². The molecular weight excluding hydrogens is 294 g/mol. The van der Waals surface area contributed by atoms with Crippen molar-refractivity contribution in [3.8, 4) is 5.75 Å². The van der Waals surface area contributed by atoms with E-state index >= 15 is 0 Å². The lowest BCUT2D eigenvalue weighted by Crippen LogP contribution is -2.15. The number of nitrogens with one attached hydrogen (secondary N) is 1. The van der Waals surface area contributed by atoms with Crippen LogP contribution in [-0.4, -0.2) is 13.2 Å². The van der Waals surface area contributed by atoms with E-state index in [0.717, 1.165) is 25.4 Å². The molecule has 0 fully saturated rings. The average Bonchev–Trinajstić information content (AvgIpc) is 2.64. The fraction of sp³-hybridized carbons (Fsp3) is 0.636. The SMILES string of the molecule is CCCCCCCOc1ccc(CNCCC2=CCCCC2)cc1. The van der Waals surface area contributed by atoms with Crippen LogP contribution in [0, 0.1) is 0 Å².